The molecule has 3 rings (SSSR count). The molecule has 0 radical (unpaired) electrons. The molecular formula is C21H23F2N3O. The van der Waals surface area contributed by atoms with Crippen molar-refractivity contribution in [1.82, 2.24) is 14.5 Å². The van der Waals surface area contributed by atoms with Crippen LogP contribution in [-0.4, -0.2) is 28.1 Å². The van der Waals surface area contributed by atoms with Crippen molar-refractivity contribution in [2.24, 2.45) is 0 Å². The Labute approximate surface area is 158 Å². The predicted octanol–water partition coefficient (Wildman–Crippen LogP) is 4.26. The van der Waals surface area contributed by atoms with Crippen LogP contribution >= 0.6 is 0 Å². The summed E-state index contributed by atoms with van der Waals surface area (Å²) < 4.78 is 35.1. The van der Waals surface area contributed by atoms with Crippen LogP contribution in [0.2, 0.25) is 0 Å². The van der Waals surface area contributed by atoms with E-state index in [1.807, 2.05) is 35.0 Å². The van der Waals surface area contributed by atoms with E-state index in [2.05, 4.69) is 9.88 Å². The van der Waals surface area contributed by atoms with Crippen molar-refractivity contribution < 1.29 is 13.5 Å². The first-order valence-electron chi connectivity index (χ1n) is 8.89. The topological polar surface area (TPSA) is 30.3 Å². The zero-order valence-corrected chi connectivity index (χ0v) is 15.3. The predicted molar refractivity (Wildman–Crippen MR) is 100 cm³/mol. The number of hydrogen-bond donors (Lipinski definition) is 0. The molecule has 6 heteroatoms. The van der Waals surface area contributed by atoms with E-state index in [0.717, 1.165) is 36.9 Å². The summed E-state index contributed by atoms with van der Waals surface area (Å²) in [4.78, 5) is 6.14. The number of aromatic nitrogens is 2. The van der Waals surface area contributed by atoms with Gasteiger partial charge in [-0.2, -0.15) is 0 Å². The average Bonchev–Trinajstić information content (AvgIpc) is 3.18. The van der Waals surface area contributed by atoms with Crippen LogP contribution < -0.4 is 4.74 Å². The van der Waals surface area contributed by atoms with E-state index >= 15 is 0 Å². The molecule has 0 spiro atoms. The summed E-state index contributed by atoms with van der Waals surface area (Å²) >= 11 is 0. The summed E-state index contributed by atoms with van der Waals surface area (Å²) in [5, 5.41) is 0. The van der Waals surface area contributed by atoms with Crippen molar-refractivity contribution >= 4 is 0 Å². The van der Waals surface area contributed by atoms with Crippen molar-refractivity contribution in [3.05, 3.63) is 83.9 Å². The highest BCUT2D eigenvalue weighted by atomic mass is 19.1. The number of para-hydroxylation sites is 1. The highest BCUT2D eigenvalue weighted by molar-refractivity contribution is 5.33. The van der Waals surface area contributed by atoms with Gasteiger partial charge in [-0.15, -0.1) is 0 Å². The van der Waals surface area contributed by atoms with Gasteiger partial charge in [0.05, 0.1) is 13.4 Å². The van der Waals surface area contributed by atoms with Crippen LogP contribution in [-0.2, 0) is 19.6 Å². The zero-order chi connectivity index (χ0) is 19.1. The van der Waals surface area contributed by atoms with Crippen molar-refractivity contribution in [3.8, 4) is 5.75 Å². The van der Waals surface area contributed by atoms with Crippen LogP contribution in [0.25, 0.3) is 0 Å². The van der Waals surface area contributed by atoms with Crippen LogP contribution in [0.3, 0.4) is 0 Å². The van der Waals surface area contributed by atoms with Crippen molar-refractivity contribution in [3.63, 3.8) is 0 Å². The smallest absolute Gasteiger partial charge is 0.127 e. The number of methoxy groups -OCH3 is 1. The minimum absolute atomic E-state index is 0.325. The highest BCUT2D eigenvalue weighted by Crippen LogP contribution is 2.21. The number of nitrogens with zero attached hydrogens (tertiary/aromatic N) is 3. The molecule has 0 saturated carbocycles. The molecule has 0 atom stereocenters. The Morgan fingerprint density at radius 2 is 1.89 bits per heavy atom. The van der Waals surface area contributed by atoms with E-state index < -0.39 is 11.6 Å². The number of ether oxygens (including phenoxy) is 1. The van der Waals surface area contributed by atoms with Gasteiger partial charge < -0.3 is 9.30 Å². The molecule has 2 aromatic carbocycles. The Kier molecular flexibility index (Phi) is 6.54. The lowest BCUT2D eigenvalue weighted by atomic mass is 10.1. The van der Waals surface area contributed by atoms with Crippen LogP contribution in [0.15, 0.2) is 61.2 Å². The number of hydrogen-bond acceptors (Lipinski definition) is 3. The van der Waals surface area contributed by atoms with Gasteiger partial charge in [0.2, 0.25) is 0 Å². The van der Waals surface area contributed by atoms with Gasteiger partial charge in [-0.1, -0.05) is 18.2 Å². The minimum atomic E-state index is -0.429. The number of imidazole rings is 1. The molecule has 0 amide bonds. The van der Waals surface area contributed by atoms with Gasteiger partial charge in [0.1, 0.15) is 17.4 Å². The third-order valence-electron chi connectivity index (χ3n) is 4.44. The fourth-order valence-electron chi connectivity index (χ4n) is 3.09. The van der Waals surface area contributed by atoms with Gasteiger partial charge in [0.25, 0.3) is 0 Å². The second-order valence-corrected chi connectivity index (χ2v) is 6.41. The van der Waals surface area contributed by atoms with E-state index in [1.54, 1.807) is 19.6 Å². The molecule has 1 heterocycles. The monoisotopic (exact) mass is 371 g/mol. The maximum absolute atomic E-state index is 14.1. The number of benzene rings is 2. The molecule has 0 bridgehead atoms. The Morgan fingerprint density at radius 1 is 1.07 bits per heavy atom. The lowest BCUT2D eigenvalue weighted by Crippen LogP contribution is -2.25. The Hall–Kier alpha value is -2.73. The van der Waals surface area contributed by atoms with E-state index in [9.17, 15) is 8.78 Å². The van der Waals surface area contributed by atoms with Gasteiger partial charge in [0.15, 0.2) is 0 Å². The summed E-state index contributed by atoms with van der Waals surface area (Å²) in [6.07, 6.45) is 6.30. The number of rotatable bonds is 9. The third-order valence-corrected chi connectivity index (χ3v) is 4.44. The zero-order valence-electron chi connectivity index (χ0n) is 15.3. The van der Waals surface area contributed by atoms with Crippen LogP contribution in [0.4, 0.5) is 8.78 Å². The average molecular weight is 371 g/mol. The first kappa shape index (κ1) is 19.0. The van der Waals surface area contributed by atoms with Crippen LogP contribution in [0.5, 0.6) is 5.75 Å². The molecule has 0 saturated heterocycles. The Morgan fingerprint density at radius 3 is 2.67 bits per heavy atom. The Bertz CT molecular complexity index is 852. The van der Waals surface area contributed by atoms with Crippen molar-refractivity contribution in [2.75, 3.05) is 13.7 Å². The molecule has 4 nitrogen and oxygen atoms in total. The van der Waals surface area contributed by atoms with E-state index in [0.29, 0.717) is 18.7 Å². The first-order valence-corrected chi connectivity index (χ1v) is 8.89. The lowest BCUT2D eigenvalue weighted by Gasteiger charge is -2.24. The standard InChI is InChI=1S/C21H23F2N3O/c1-27-21-6-3-2-5-17(21)14-26(11-4-10-25-12-9-24-16-25)15-18-13-19(22)7-8-20(18)23/h2-3,5-9,12-13,16H,4,10-11,14-15H2,1H3. The fraction of sp³-hybridized carbons (Fsp3) is 0.286. The number of halogens is 2. The summed E-state index contributed by atoms with van der Waals surface area (Å²) in [6.45, 7) is 2.45. The van der Waals surface area contributed by atoms with Crippen molar-refractivity contribution in [2.45, 2.75) is 26.1 Å². The number of aryl methyl sites for hydroxylation is 1. The second-order valence-electron chi connectivity index (χ2n) is 6.41. The van der Waals surface area contributed by atoms with Crippen molar-refractivity contribution in [1.29, 1.82) is 0 Å². The third kappa shape index (κ3) is 5.37. The molecular weight excluding hydrogens is 348 g/mol. The summed E-state index contributed by atoms with van der Waals surface area (Å²) in [7, 11) is 1.63. The molecule has 0 aliphatic carbocycles. The molecule has 27 heavy (non-hydrogen) atoms. The molecule has 0 aliphatic heterocycles. The molecule has 0 aliphatic rings. The molecule has 0 N–H and O–H groups in total. The maximum atomic E-state index is 14.1. The fourth-order valence-corrected chi connectivity index (χ4v) is 3.09. The van der Waals surface area contributed by atoms with Crippen LogP contribution in [0, 0.1) is 11.6 Å². The van der Waals surface area contributed by atoms with Gasteiger partial charge in [-0.05, 0) is 30.7 Å². The molecule has 0 unspecified atom stereocenters. The SMILES string of the molecule is COc1ccccc1CN(CCCn1ccnc1)Cc1cc(F)ccc1F. The summed E-state index contributed by atoms with van der Waals surface area (Å²) in [5.41, 5.74) is 1.37. The maximum Gasteiger partial charge on any atom is 0.127 e. The van der Waals surface area contributed by atoms with E-state index in [1.165, 1.54) is 12.1 Å². The normalized spacial score (nSPS) is 11.1. The summed E-state index contributed by atoms with van der Waals surface area (Å²) in [6, 6.07) is 11.3. The first-order chi connectivity index (χ1) is 13.2. The summed E-state index contributed by atoms with van der Waals surface area (Å²) in [5.74, 6) is -0.0325. The second kappa shape index (κ2) is 9.28. The molecule has 142 valence electrons. The largest absolute Gasteiger partial charge is 0.496 e. The minimum Gasteiger partial charge on any atom is -0.496 e. The quantitative estimate of drug-likeness (QED) is 0.563. The van der Waals surface area contributed by atoms with Gasteiger partial charge in [0, 0.05) is 49.7 Å². The molecule has 1 aromatic heterocycles. The van der Waals surface area contributed by atoms with E-state index in [-0.39, 0.29) is 0 Å². The highest BCUT2D eigenvalue weighted by Gasteiger charge is 2.13. The van der Waals surface area contributed by atoms with E-state index in [4.69, 9.17) is 4.74 Å². The van der Waals surface area contributed by atoms with Gasteiger partial charge in [-0.25, -0.2) is 13.8 Å². The molecule has 3 aromatic rings. The van der Waals surface area contributed by atoms with Crippen LogP contribution in [0.1, 0.15) is 17.5 Å². The van der Waals surface area contributed by atoms with Gasteiger partial charge in [-0.3, -0.25) is 4.90 Å². The molecule has 0 fully saturated rings. The Balaban J connectivity index is 1.73. The lowest BCUT2D eigenvalue weighted by molar-refractivity contribution is 0.241. The van der Waals surface area contributed by atoms with Gasteiger partial charge >= 0.3 is 0 Å².